The zero-order chi connectivity index (χ0) is 12.5. The molecule has 3 rings (SSSR count). The van der Waals surface area contributed by atoms with Gasteiger partial charge in [0.1, 0.15) is 6.29 Å². The van der Waals surface area contributed by atoms with Crippen molar-refractivity contribution in [3.63, 3.8) is 0 Å². The summed E-state index contributed by atoms with van der Waals surface area (Å²) in [5.74, 6) is 0.721. The summed E-state index contributed by atoms with van der Waals surface area (Å²) >= 11 is 5.89. The van der Waals surface area contributed by atoms with Crippen molar-refractivity contribution in [1.82, 2.24) is 14.6 Å². The van der Waals surface area contributed by atoms with E-state index in [-0.39, 0.29) is 0 Å². The Balaban J connectivity index is 2.15. The molecule has 2 heterocycles. The Morgan fingerprint density at radius 2 is 1.89 bits per heavy atom. The molecular weight excluding hydrogens is 250 g/mol. The normalized spacial score (nSPS) is 10.7. The van der Waals surface area contributed by atoms with E-state index in [0.29, 0.717) is 16.2 Å². The quantitative estimate of drug-likeness (QED) is 0.663. The van der Waals surface area contributed by atoms with Crippen molar-refractivity contribution in [1.29, 1.82) is 0 Å². The van der Waals surface area contributed by atoms with Crippen LogP contribution in [0.1, 0.15) is 10.4 Å². The first-order valence-electron chi connectivity index (χ1n) is 5.34. The largest absolute Gasteiger partial charge is 0.298 e. The average Bonchev–Trinajstić information content (AvgIpc) is 2.81. The van der Waals surface area contributed by atoms with Crippen LogP contribution in [0.3, 0.4) is 0 Å². The monoisotopic (exact) mass is 257 g/mol. The van der Waals surface area contributed by atoms with E-state index in [4.69, 9.17) is 11.6 Å². The van der Waals surface area contributed by atoms with Crippen LogP contribution in [0.15, 0.2) is 42.6 Å². The fourth-order valence-electron chi connectivity index (χ4n) is 1.77. The van der Waals surface area contributed by atoms with Gasteiger partial charge in [0.2, 0.25) is 0 Å². The van der Waals surface area contributed by atoms with E-state index in [1.54, 1.807) is 24.3 Å². The van der Waals surface area contributed by atoms with Crippen molar-refractivity contribution in [2.24, 2.45) is 0 Å². The number of halogens is 1. The highest BCUT2D eigenvalue weighted by Crippen LogP contribution is 2.20. The highest BCUT2D eigenvalue weighted by Gasteiger charge is 2.07. The van der Waals surface area contributed by atoms with Crippen molar-refractivity contribution in [2.45, 2.75) is 0 Å². The maximum absolute atomic E-state index is 10.6. The minimum absolute atomic E-state index is 0.623. The Kier molecular flexibility index (Phi) is 2.57. The summed E-state index contributed by atoms with van der Waals surface area (Å²) in [4.78, 5) is 10.6. The number of hydrogen-bond acceptors (Lipinski definition) is 3. The molecule has 0 unspecified atom stereocenters. The fraction of sp³-hybridized carbons (Fsp3) is 0. The van der Waals surface area contributed by atoms with Crippen LogP contribution in [0.5, 0.6) is 0 Å². The molecule has 5 heteroatoms. The van der Waals surface area contributed by atoms with E-state index >= 15 is 0 Å². The Hall–Kier alpha value is -2.20. The van der Waals surface area contributed by atoms with Gasteiger partial charge in [0.05, 0.1) is 0 Å². The SMILES string of the molecule is O=Cc1ccc(-c2nnc3cc(Cl)ccn23)cc1. The number of nitrogens with zero attached hydrogens (tertiary/aromatic N) is 3. The van der Waals surface area contributed by atoms with Gasteiger partial charge in [0.25, 0.3) is 0 Å². The minimum Gasteiger partial charge on any atom is -0.298 e. The molecular formula is C13H8ClN3O. The van der Waals surface area contributed by atoms with E-state index in [9.17, 15) is 4.79 Å². The standard InChI is InChI=1S/C13H8ClN3O/c14-11-5-6-17-12(7-11)15-16-13(17)10-3-1-9(8-18)2-4-10/h1-8H. The number of aldehydes is 1. The predicted octanol–water partition coefficient (Wildman–Crippen LogP) is 2.86. The molecule has 0 spiro atoms. The van der Waals surface area contributed by atoms with Crippen LogP contribution in [0.25, 0.3) is 17.0 Å². The second-order valence-electron chi connectivity index (χ2n) is 3.84. The van der Waals surface area contributed by atoms with E-state index < -0.39 is 0 Å². The van der Waals surface area contributed by atoms with Crippen molar-refractivity contribution in [3.8, 4) is 11.4 Å². The topological polar surface area (TPSA) is 47.3 Å². The lowest BCUT2D eigenvalue weighted by molar-refractivity contribution is 0.112. The van der Waals surface area contributed by atoms with Gasteiger partial charge in [-0.15, -0.1) is 10.2 Å². The number of benzene rings is 1. The Morgan fingerprint density at radius 1 is 1.11 bits per heavy atom. The number of aromatic nitrogens is 3. The second kappa shape index (κ2) is 4.23. The Morgan fingerprint density at radius 3 is 2.61 bits per heavy atom. The Bertz CT molecular complexity index is 719. The summed E-state index contributed by atoms with van der Waals surface area (Å²) < 4.78 is 1.85. The van der Waals surface area contributed by atoms with Gasteiger partial charge >= 0.3 is 0 Å². The summed E-state index contributed by atoms with van der Waals surface area (Å²) in [6.45, 7) is 0. The third-order valence-corrected chi connectivity index (χ3v) is 2.91. The summed E-state index contributed by atoms with van der Waals surface area (Å²) in [6.07, 6.45) is 2.63. The molecule has 88 valence electrons. The molecule has 0 aliphatic heterocycles. The van der Waals surface area contributed by atoms with Gasteiger partial charge < -0.3 is 0 Å². The number of rotatable bonds is 2. The second-order valence-corrected chi connectivity index (χ2v) is 4.27. The van der Waals surface area contributed by atoms with E-state index in [1.165, 1.54) is 0 Å². The molecule has 0 fully saturated rings. The molecule has 0 bridgehead atoms. The van der Waals surface area contributed by atoms with E-state index in [0.717, 1.165) is 17.7 Å². The molecule has 0 aliphatic rings. The molecule has 0 amide bonds. The molecule has 0 saturated heterocycles. The molecule has 0 saturated carbocycles. The van der Waals surface area contributed by atoms with Gasteiger partial charge in [0, 0.05) is 28.4 Å². The zero-order valence-electron chi connectivity index (χ0n) is 9.25. The zero-order valence-corrected chi connectivity index (χ0v) is 10.0. The van der Waals surface area contributed by atoms with Crippen LogP contribution < -0.4 is 0 Å². The number of carbonyl (C=O) groups excluding carboxylic acids is 1. The van der Waals surface area contributed by atoms with Crippen molar-refractivity contribution in [2.75, 3.05) is 0 Å². The molecule has 0 N–H and O–H groups in total. The van der Waals surface area contributed by atoms with Crippen LogP contribution in [-0.4, -0.2) is 20.9 Å². The number of fused-ring (bicyclic) bond motifs is 1. The first kappa shape index (κ1) is 10.9. The molecule has 0 radical (unpaired) electrons. The van der Waals surface area contributed by atoms with Crippen LogP contribution in [0.2, 0.25) is 5.02 Å². The number of carbonyl (C=O) groups is 1. The molecule has 0 aliphatic carbocycles. The van der Waals surface area contributed by atoms with Gasteiger partial charge in [-0.05, 0) is 6.07 Å². The first-order valence-corrected chi connectivity index (χ1v) is 5.71. The van der Waals surface area contributed by atoms with E-state index in [1.807, 2.05) is 22.7 Å². The van der Waals surface area contributed by atoms with Crippen LogP contribution in [0, 0.1) is 0 Å². The molecule has 18 heavy (non-hydrogen) atoms. The van der Waals surface area contributed by atoms with Crippen LogP contribution in [-0.2, 0) is 0 Å². The summed E-state index contributed by atoms with van der Waals surface area (Å²) in [5.41, 5.74) is 2.23. The summed E-state index contributed by atoms with van der Waals surface area (Å²) in [7, 11) is 0. The highest BCUT2D eigenvalue weighted by molar-refractivity contribution is 6.30. The molecule has 3 aromatic rings. The molecule has 2 aromatic heterocycles. The predicted molar refractivity (Wildman–Crippen MR) is 68.8 cm³/mol. The highest BCUT2D eigenvalue weighted by atomic mass is 35.5. The van der Waals surface area contributed by atoms with Gasteiger partial charge in [-0.1, -0.05) is 35.9 Å². The van der Waals surface area contributed by atoms with Crippen molar-refractivity contribution < 1.29 is 4.79 Å². The van der Waals surface area contributed by atoms with E-state index in [2.05, 4.69) is 10.2 Å². The van der Waals surface area contributed by atoms with Crippen LogP contribution >= 0.6 is 11.6 Å². The minimum atomic E-state index is 0.623. The lowest BCUT2D eigenvalue weighted by Crippen LogP contribution is -1.89. The average molecular weight is 258 g/mol. The van der Waals surface area contributed by atoms with Gasteiger partial charge in [0.15, 0.2) is 11.5 Å². The van der Waals surface area contributed by atoms with Crippen molar-refractivity contribution in [3.05, 3.63) is 53.2 Å². The first-order chi connectivity index (χ1) is 8.78. The fourth-order valence-corrected chi connectivity index (χ4v) is 1.93. The lowest BCUT2D eigenvalue weighted by atomic mass is 10.1. The van der Waals surface area contributed by atoms with Gasteiger partial charge in [-0.25, -0.2) is 0 Å². The maximum Gasteiger partial charge on any atom is 0.168 e. The third-order valence-electron chi connectivity index (χ3n) is 2.68. The smallest absolute Gasteiger partial charge is 0.168 e. The lowest BCUT2D eigenvalue weighted by Gasteiger charge is -2.00. The molecule has 4 nitrogen and oxygen atoms in total. The molecule has 1 aromatic carbocycles. The number of hydrogen-bond donors (Lipinski definition) is 0. The van der Waals surface area contributed by atoms with Crippen LogP contribution in [0.4, 0.5) is 0 Å². The van der Waals surface area contributed by atoms with Crippen molar-refractivity contribution >= 4 is 23.5 Å². The maximum atomic E-state index is 10.6. The van der Waals surface area contributed by atoms with Gasteiger partial charge in [-0.3, -0.25) is 9.20 Å². The molecule has 0 atom stereocenters. The number of pyridine rings is 1. The Labute approximate surface area is 108 Å². The van der Waals surface area contributed by atoms with Gasteiger partial charge in [-0.2, -0.15) is 0 Å². The third kappa shape index (κ3) is 1.76. The summed E-state index contributed by atoms with van der Waals surface area (Å²) in [6, 6.07) is 10.7. The summed E-state index contributed by atoms with van der Waals surface area (Å²) in [5, 5.41) is 8.81.